The fourth-order valence-electron chi connectivity index (χ4n) is 7.28. The van der Waals surface area contributed by atoms with Gasteiger partial charge in [0.05, 0.1) is 24.8 Å². The number of ether oxygens (including phenoxy) is 3. The fourth-order valence-corrected chi connectivity index (χ4v) is 7.28. The molecule has 2 aliphatic carbocycles. The van der Waals surface area contributed by atoms with Gasteiger partial charge in [0.1, 0.15) is 23.1 Å². The number of carbonyl (C=O) groups is 1. The summed E-state index contributed by atoms with van der Waals surface area (Å²) in [5.74, 6) is -0.983. The number of amides is 1. The number of likely N-dealkylation sites (N-methyl/N-ethyl adjacent to an activating group) is 1. The molecule has 4 rings (SSSR count). The molecule has 3 aliphatic rings. The van der Waals surface area contributed by atoms with Gasteiger partial charge in [-0.05, 0) is 89.0 Å². The second kappa shape index (κ2) is 15.0. The highest BCUT2D eigenvalue weighted by Gasteiger charge is 2.65. The van der Waals surface area contributed by atoms with Crippen molar-refractivity contribution in [3.8, 4) is 11.5 Å². The van der Waals surface area contributed by atoms with Crippen LogP contribution >= 0.6 is 0 Å². The average molecular weight is 629 g/mol. The number of aliphatic hydroxyl groups excluding tert-OH is 2. The Bertz CT molecular complexity index is 1240. The van der Waals surface area contributed by atoms with E-state index in [0.29, 0.717) is 30.7 Å². The fraction of sp³-hybridized carbons (Fsp3) is 0.657. The smallest absolute Gasteiger partial charge is 0.409 e. The van der Waals surface area contributed by atoms with Crippen molar-refractivity contribution in [3.63, 3.8) is 0 Å². The number of oxime groups is 1. The molecule has 0 radical (unpaired) electrons. The van der Waals surface area contributed by atoms with E-state index in [4.69, 9.17) is 24.2 Å². The first-order valence-electron chi connectivity index (χ1n) is 16.4. The van der Waals surface area contributed by atoms with E-state index in [9.17, 15) is 20.1 Å². The zero-order valence-electron chi connectivity index (χ0n) is 27.5. The molecule has 1 amide bonds. The van der Waals surface area contributed by atoms with Crippen molar-refractivity contribution in [2.24, 2.45) is 22.9 Å². The largest absolute Gasteiger partial charge is 0.508 e. The van der Waals surface area contributed by atoms with Gasteiger partial charge in [-0.15, -0.1) is 6.58 Å². The molecule has 6 atom stereocenters. The molecule has 0 spiro atoms. The zero-order valence-corrected chi connectivity index (χ0v) is 27.5. The first-order chi connectivity index (χ1) is 21.5. The van der Waals surface area contributed by atoms with E-state index >= 15 is 0 Å². The van der Waals surface area contributed by atoms with Crippen LogP contribution in [0.25, 0.3) is 0 Å². The second-order valence-electron chi connectivity index (χ2n) is 13.3. The summed E-state index contributed by atoms with van der Waals surface area (Å²) in [4.78, 5) is 20.9. The Balaban J connectivity index is 2.01. The van der Waals surface area contributed by atoms with E-state index in [2.05, 4.69) is 12.7 Å². The Hall–Kier alpha value is -3.08. The molecule has 0 saturated heterocycles. The number of aliphatic hydroxyl groups is 2. The van der Waals surface area contributed by atoms with Gasteiger partial charge in [0.25, 0.3) is 0 Å². The summed E-state index contributed by atoms with van der Waals surface area (Å²) < 4.78 is 19.2. The predicted octanol–water partition coefficient (Wildman–Crippen LogP) is 5.91. The lowest BCUT2D eigenvalue weighted by molar-refractivity contribution is -0.253. The first-order valence-corrected chi connectivity index (χ1v) is 16.4. The van der Waals surface area contributed by atoms with E-state index in [1.54, 1.807) is 43.1 Å². The summed E-state index contributed by atoms with van der Waals surface area (Å²) in [5.41, 5.74) is 1.99. The maximum atomic E-state index is 13.3. The lowest BCUT2D eigenvalue weighted by atomic mass is 9.55. The Labute approximate surface area is 267 Å². The predicted molar refractivity (Wildman–Crippen MR) is 172 cm³/mol. The number of hydrogen-bond acceptors (Lipinski definition) is 9. The van der Waals surface area contributed by atoms with E-state index < -0.39 is 29.4 Å². The topological polar surface area (TPSA) is 130 Å². The quantitative estimate of drug-likeness (QED) is 0.132. The first kappa shape index (κ1) is 34.8. The van der Waals surface area contributed by atoms with Gasteiger partial charge in [-0.1, -0.05) is 30.1 Å². The normalized spacial score (nSPS) is 27.9. The summed E-state index contributed by atoms with van der Waals surface area (Å²) in [6.07, 6.45) is 8.48. The van der Waals surface area contributed by atoms with Crippen molar-refractivity contribution < 1.29 is 39.2 Å². The molecular formula is C35H52N2O8. The number of aromatic hydroxyl groups is 1. The maximum absolute atomic E-state index is 13.3. The van der Waals surface area contributed by atoms with Crippen molar-refractivity contribution in [2.75, 3.05) is 33.5 Å². The van der Waals surface area contributed by atoms with Gasteiger partial charge in [-0.2, -0.15) is 0 Å². The number of allylic oxidation sites excluding steroid dienone is 1. The van der Waals surface area contributed by atoms with Crippen LogP contribution in [-0.2, 0) is 14.3 Å². The van der Waals surface area contributed by atoms with Crippen LogP contribution in [0.5, 0.6) is 11.5 Å². The molecule has 1 saturated carbocycles. The van der Waals surface area contributed by atoms with Gasteiger partial charge in [-0.25, -0.2) is 4.79 Å². The molecule has 3 N–H and O–H groups in total. The summed E-state index contributed by atoms with van der Waals surface area (Å²) >= 11 is 0. The molecule has 10 nitrogen and oxygen atoms in total. The number of phenols is 1. The molecule has 1 aliphatic heterocycles. The van der Waals surface area contributed by atoms with Crippen LogP contribution in [0.1, 0.15) is 84.1 Å². The van der Waals surface area contributed by atoms with E-state index in [0.717, 1.165) is 36.8 Å². The number of unbranched alkanes of at least 4 members (excludes halogenated alkanes) is 2. The Morgan fingerprint density at radius 3 is 2.53 bits per heavy atom. The van der Waals surface area contributed by atoms with E-state index in [-0.39, 0.29) is 49.9 Å². The summed E-state index contributed by atoms with van der Waals surface area (Å²) in [6, 6.07) is 4.52. The number of hydrogen-bond donors (Lipinski definition) is 3. The highest BCUT2D eigenvalue weighted by molar-refractivity contribution is 6.02. The number of rotatable bonds is 14. The Morgan fingerprint density at radius 2 is 1.89 bits per heavy atom. The highest BCUT2D eigenvalue weighted by Crippen LogP contribution is 2.61. The van der Waals surface area contributed by atoms with Gasteiger partial charge in [0.15, 0.2) is 0 Å². The van der Waals surface area contributed by atoms with Gasteiger partial charge in [0, 0.05) is 38.2 Å². The molecule has 10 heteroatoms. The van der Waals surface area contributed by atoms with Crippen LogP contribution in [0.4, 0.5) is 4.79 Å². The summed E-state index contributed by atoms with van der Waals surface area (Å²) in [5, 5.41) is 34.8. The Morgan fingerprint density at radius 1 is 1.18 bits per heavy atom. The third kappa shape index (κ3) is 7.50. The average Bonchev–Trinajstić information content (AvgIpc) is 3.00. The third-order valence-corrected chi connectivity index (χ3v) is 9.11. The van der Waals surface area contributed by atoms with Crippen molar-refractivity contribution in [1.29, 1.82) is 0 Å². The number of fused-ring (bicyclic) bond motifs is 2. The third-order valence-electron chi connectivity index (χ3n) is 9.11. The minimum atomic E-state index is -1.33. The summed E-state index contributed by atoms with van der Waals surface area (Å²) in [7, 11) is 1.70. The second-order valence-corrected chi connectivity index (χ2v) is 13.3. The molecule has 1 aromatic carbocycles. The zero-order chi connectivity index (χ0) is 32.8. The number of carbonyl (C=O) groups excluding carboxylic acids is 1. The highest BCUT2D eigenvalue weighted by atomic mass is 16.7. The van der Waals surface area contributed by atoms with Crippen LogP contribution in [0.15, 0.2) is 47.7 Å². The van der Waals surface area contributed by atoms with Crippen LogP contribution in [-0.4, -0.2) is 82.9 Å². The molecule has 1 fully saturated rings. The lowest BCUT2D eigenvalue weighted by Crippen LogP contribution is -2.69. The van der Waals surface area contributed by atoms with E-state index in [1.165, 1.54) is 0 Å². The molecule has 1 heterocycles. The molecule has 0 aromatic heterocycles. The molecule has 0 unspecified atom stereocenters. The molecule has 1 aromatic rings. The molecule has 45 heavy (non-hydrogen) atoms. The molecule has 0 bridgehead atoms. The molecular weight excluding hydrogens is 576 g/mol. The van der Waals surface area contributed by atoms with Gasteiger partial charge >= 0.3 is 6.09 Å². The SMILES string of the molecule is C=CCO[C@@]12Oc3ccc(O)cc3[C@H]3[C@H](CCCCO)[C@@H](CCCCO)C=C(C(=NOC(C)(C)C)C[C@@H]1N(C)C(=O)OCC)[C@H]32. The maximum Gasteiger partial charge on any atom is 0.409 e. The van der Waals surface area contributed by atoms with Crippen molar-refractivity contribution in [3.05, 3.63) is 48.1 Å². The van der Waals surface area contributed by atoms with Crippen LogP contribution < -0.4 is 4.74 Å². The number of phenolic OH excluding ortho intramolecular Hbond substituents is 1. The van der Waals surface area contributed by atoms with Crippen molar-refractivity contribution in [2.45, 2.75) is 96.0 Å². The molecule has 250 valence electrons. The van der Waals surface area contributed by atoms with Crippen molar-refractivity contribution >= 4 is 11.8 Å². The van der Waals surface area contributed by atoms with Crippen LogP contribution in [0.3, 0.4) is 0 Å². The lowest BCUT2D eigenvalue weighted by Gasteiger charge is -2.59. The number of benzene rings is 1. The Kier molecular flexibility index (Phi) is 11.6. The minimum Gasteiger partial charge on any atom is -0.508 e. The van der Waals surface area contributed by atoms with Gasteiger partial charge in [-0.3, -0.25) is 0 Å². The van der Waals surface area contributed by atoms with Gasteiger partial charge in [0.2, 0.25) is 5.79 Å². The van der Waals surface area contributed by atoms with Crippen molar-refractivity contribution in [1.82, 2.24) is 4.90 Å². The monoisotopic (exact) mass is 628 g/mol. The minimum absolute atomic E-state index is 0.0941. The standard InChI is InChI=1S/C35H52N2O8/c1-7-19-43-35-30(37(6)33(41)42-8-2)22-28(36-45-34(3,4)5)26-20-23(13-9-11-17-38)25(14-10-12-18-39)31(32(26)35)27-21-24(40)15-16-29(27)44-35/h7,15-16,20-21,23,25,30-32,38-40H,1,8-14,17-19,22H2,2-6H3/t23-,25+,30-,31+,32+,35+/m0/s1. The van der Waals surface area contributed by atoms with Gasteiger partial charge < -0.3 is 39.3 Å². The van der Waals surface area contributed by atoms with Crippen LogP contribution in [0, 0.1) is 17.8 Å². The van der Waals surface area contributed by atoms with Crippen LogP contribution in [0.2, 0.25) is 0 Å². The summed E-state index contributed by atoms with van der Waals surface area (Å²) in [6.45, 7) is 12.1. The number of nitrogens with zero attached hydrogens (tertiary/aromatic N) is 2. The van der Waals surface area contributed by atoms with E-state index in [1.807, 2.05) is 20.8 Å².